The van der Waals surface area contributed by atoms with Gasteiger partial charge in [-0.05, 0) is 48.0 Å². The second kappa shape index (κ2) is 8.18. The smallest absolute Gasteiger partial charge is 0.273 e. The molecular formula is C23H21N5O4. The fourth-order valence-electron chi connectivity index (χ4n) is 3.85. The van der Waals surface area contributed by atoms with Crippen molar-refractivity contribution in [2.75, 3.05) is 31.6 Å². The molecule has 3 heterocycles. The molecular weight excluding hydrogens is 410 g/mol. The lowest BCUT2D eigenvalue weighted by molar-refractivity contribution is -0.123. The van der Waals surface area contributed by atoms with E-state index in [1.807, 2.05) is 18.2 Å². The lowest BCUT2D eigenvalue weighted by Gasteiger charge is -2.26. The van der Waals surface area contributed by atoms with E-state index in [1.165, 1.54) is 4.90 Å². The molecule has 0 bridgehead atoms. The van der Waals surface area contributed by atoms with Crippen LogP contribution in [0.4, 0.5) is 5.69 Å². The third-order valence-corrected chi connectivity index (χ3v) is 5.50. The van der Waals surface area contributed by atoms with Crippen molar-refractivity contribution in [2.24, 2.45) is 0 Å². The van der Waals surface area contributed by atoms with Gasteiger partial charge in [-0.3, -0.25) is 19.5 Å². The first kappa shape index (κ1) is 19.8. The Balaban J connectivity index is 1.29. The topological polar surface area (TPSA) is 116 Å². The molecule has 5 rings (SSSR count). The average molecular weight is 431 g/mol. The zero-order valence-corrected chi connectivity index (χ0v) is 17.2. The molecule has 2 aliphatic rings. The second-order valence-corrected chi connectivity index (χ2v) is 7.70. The Morgan fingerprint density at radius 3 is 2.91 bits per heavy atom. The molecule has 1 fully saturated rings. The summed E-state index contributed by atoms with van der Waals surface area (Å²) in [5.74, 6) is 0.0948. The van der Waals surface area contributed by atoms with E-state index in [1.54, 1.807) is 30.3 Å². The maximum Gasteiger partial charge on any atom is 0.273 e. The number of ether oxygens (including phenoxy) is 1. The van der Waals surface area contributed by atoms with Crippen LogP contribution in [0.15, 0.2) is 48.5 Å². The minimum absolute atomic E-state index is 0.0289. The molecule has 0 unspecified atom stereocenters. The van der Waals surface area contributed by atoms with Gasteiger partial charge in [0, 0.05) is 36.3 Å². The molecule has 9 heteroatoms. The molecule has 0 aliphatic carbocycles. The summed E-state index contributed by atoms with van der Waals surface area (Å²) in [6.45, 7) is 1.59. The fourth-order valence-corrected chi connectivity index (χ4v) is 3.85. The van der Waals surface area contributed by atoms with Gasteiger partial charge in [0.15, 0.2) is 0 Å². The van der Waals surface area contributed by atoms with Crippen LogP contribution in [0.2, 0.25) is 0 Å². The van der Waals surface area contributed by atoms with Gasteiger partial charge in [-0.15, -0.1) is 0 Å². The number of aromatic amines is 1. The van der Waals surface area contributed by atoms with Crippen molar-refractivity contribution in [3.63, 3.8) is 0 Å². The van der Waals surface area contributed by atoms with Crippen LogP contribution in [0.1, 0.15) is 26.4 Å². The molecule has 0 atom stereocenters. The van der Waals surface area contributed by atoms with Crippen molar-refractivity contribution < 1.29 is 19.1 Å². The Bertz CT molecular complexity index is 1220. The third-order valence-electron chi connectivity index (χ3n) is 5.50. The number of benzene rings is 2. The maximum atomic E-state index is 12.7. The van der Waals surface area contributed by atoms with Crippen LogP contribution in [-0.2, 0) is 11.2 Å². The number of anilines is 1. The summed E-state index contributed by atoms with van der Waals surface area (Å²) < 4.78 is 5.53. The monoisotopic (exact) mass is 431 g/mol. The number of hydrogen-bond donors (Lipinski definition) is 3. The normalized spacial score (nSPS) is 15.0. The zero-order chi connectivity index (χ0) is 22.1. The molecule has 32 heavy (non-hydrogen) atoms. The number of carbonyl (C=O) groups excluding carboxylic acids is 3. The van der Waals surface area contributed by atoms with Crippen LogP contribution in [0.25, 0.3) is 11.3 Å². The van der Waals surface area contributed by atoms with E-state index in [0.29, 0.717) is 42.3 Å². The molecule has 1 aromatic heterocycles. The number of rotatable bonds is 4. The van der Waals surface area contributed by atoms with E-state index in [-0.39, 0.29) is 24.3 Å². The van der Waals surface area contributed by atoms with Crippen LogP contribution < -0.4 is 15.4 Å². The Labute approximate surface area is 183 Å². The molecule has 3 aromatic rings. The number of piperazine rings is 1. The van der Waals surface area contributed by atoms with Crippen LogP contribution in [0.5, 0.6) is 5.75 Å². The molecule has 9 nitrogen and oxygen atoms in total. The highest BCUT2D eigenvalue weighted by atomic mass is 16.5. The summed E-state index contributed by atoms with van der Waals surface area (Å²) in [6, 6.07) is 14.2. The molecule has 0 radical (unpaired) electrons. The quantitative estimate of drug-likeness (QED) is 0.583. The van der Waals surface area contributed by atoms with E-state index >= 15 is 0 Å². The molecule has 0 saturated carbocycles. The zero-order valence-electron chi connectivity index (χ0n) is 17.2. The van der Waals surface area contributed by atoms with Crippen LogP contribution in [0, 0.1) is 0 Å². The Hall–Kier alpha value is -4.14. The standard InChI is InChI=1S/C23H21N5O4/c29-21-13-28(8-7-24-21)23(31)16-2-1-3-17(11-16)25-22(30)19-12-18(26-27-19)14-4-5-20-15(10-14)6-9-32-20/h1-5,10-12H,6-9,13H2,(H,24,29)(H,25,30)(H,26,27). The third kappa shape index (κ3) is 3.92. The van der Waals surface area contributed by atoms with E-state index in [2.05, 4.69) is 20.8 Å². The van der Waals surface area contributed by atoms with Crippen molar-refractivity contribution in [1.29, 1.82) is 0 Å². The van der Waals surface area contributed by atoms with Crippen molar-refractivity contribution in [3.05, 3.63) is 65.4 Å². The van der Waals surface area contributed by atoms with Crippen molar-refractivity contribution in [3.8, 4) is 17.0 Å². The highest BCUT2D eigenvalue weighted by Crippen LogP contribution is 2.30. The Kier molecular flexibility index (Phi) is 5.06. The number of H-pyrrole nitrogens is 1. The molecule has 1 saturated heterocycles. The average Bonchev–Trinajstić information content (AvgIpc) is 3.48. The molecule has 3 N–H and O–H groups in total. The van der Waals surface area contributed by atoms with Crippen LogP contribution >= 0.6 is 0 Å². The lowest BCUT2D eigenvalue weighted by Crippen LogP contribution is -2.49. The predicted molar refractivity (Wildman–Crippen MR) is 117 cm³/mol. The number of amides is 3. The lowest BCUT2D eigenvalue weighted by atomic mass is 10.1. The highest BCUT2D eigenvalue weighted by molar-refractivity contribution is 6.04. The fraction of sp³-hybridized carbons (Fsp3) is 0.217. The predicted octanol–water partition coefficient (Wildman–Crippen LogP) is 1.84. The van der Waals surface area contributed by atoms with Crippen molar-refractivity contribution in [2.45, 2.75) is 6.42 Å². The summed E-state index contributed by atoms with van der Waals surface area (Å²) in [5.41, 5.74) is 3.89. The van der Waals surface area contributed by atoms with Crippen LogP contribution in [-0.4, -0.2) is 59.1 Å². The minimum Gasteiger partial charge on any atom is -0.493 e. The van der Waals surface area contributed by atoms with Gasteiger partial charge >= 0.3 is 0 Å². The number of aromatic nitrogens is 2. The van der Waals surface area contributed by atoms with Crippen molar-refractivity contribution >= 4 is 23.4 Å². The number of nitrogens with zero attached hydrogens (tertiary/aromatic N) is 2. The van der Waals surface area contributed by atoms with Gasteiger partial charge in [-0.2, -0.15) is 5.10 Å². The molecule has 0 spiro atoms. The first-order valence-corrected chi connectivity index (χ1v) is 10.4. The molecule has 3 amide bonds. The largest absolute Gasteiger partial charge is 0.493 e. The number of nitrogens with one attached hydrogen (secondary N) is 3. The van der Waals surface area contributed by atoms with Gasteiger partial charge in [0.05, 0.1) is 18.8 Å². The first-order valence-electron chi connectivity index (χ1n) is 10.4. The maximum absolute atomic E-state index is 12.7. The molecule has 2 aromatic carbocycles. The van der Waals surface area contributed by atoms with Gasteiger partial charge < -0.3 is 20.3 Å². The van der Waals surface area contributed by atoms with Gasteiger partial charge in [-0.1, -0.05) is 6.07 Å². The molecule has 162 valence electrons. The minimum atomic E-state index is -0.366. The highest BCUT2D eigenvalue weighted by Gasteiger charge is 2.22. The van der Waals surface area contributed by atoms with E-state index in [4.69, 9.17) is 4.74 Å². The second-order valence-electron chi connectivity index (χ2n) is 7.70. The van der Waals surface area contributed by atoms with Crippen molar-refractivity contribution in [1.82, 2.24) is 20.4 Å². The van der Waals surface area contributed by atoms with E-state index < -0.39 is 0 Å². The Morgan fingerprint density at radius 1 is 1.12 bits per heavy atom. The van der Waals surface area contributed by atoms with E-state index in [0.717, 1.165) is 23.3 Å². The molecule has 2 aliphatic heterocycles. The summed E-state index contributed by atoms with van der Waals surface area (Å²) >= 11 is 0. The SMILES string of the molecule is O=C1CN(C(=O)c2cccc(NC(=O)c3cc(-c4ccc5c(c4)CCO5)n[nH]3)c2)CCN1. The summed E-state index contributed by atoms with van der Waals surface area (Å²) in [4.78, 5) is 38.5. The summed E-state index contributed by atoms with van der Waals surface area (Å²) in [6.07, 6.45) is 0.859. The number of carbonyl (C=O) groups is 3. The summed E-state index contributed by atoms with van der Waals surface area (Å²) in [5, 5.41) is 12.5. The van der Waals surface area contributed by atoms with Gasteiger partial charge in [-0.25, -0.2) is 0 Å². The first-order chi connectivity index (χ1) is 15.6. The van der Waals surface area contributed by atoms with Gasteiger partial charge in [0.1, 0.15) is 11.4 Å². The number of hydrogen-bond acceptors (Lipinski definition) is 5. The van der Waals surface area contributed by atoms with E-state index in [9.17, 15) is 14.4 Å². The van der Waals surface area contributed by atoms with Crippen LogP contribution in [0.3, 0.4) is 0 Å². The van der Waals surface area contributed by atoms with Gasteiger partial charge in [0.25, 0.3) is 11.8 Å². The van der Waals surface area contributed by atoms with Gasteiger partial charge in [0.2, 0.25) is 5.91 Å². The number of fused-ring (bicyclic) bond motifs is 1. The Morgan fingerprint density at radius 2 is 2.03 bits per heavy atom. The summed E-state index contributed by atoms with van der Waals surface area (Å²) in [7, 11) is 0.